The zero-order chi connectivity index (χ0) is 23.9. The van der Waals surface area contributed by atoms with Crippen LogP contribution in [0.5, 0.6) is 11.5 Å². The first kappa shape index (κ1) is 23.3. The van der Waals surface area contributed by atoms with Crippen molar-refractivity contribution in [2.24, 2.45) is 0 Å². The predicted octanol–water partition coefficient (Wildman–Crippen LogP) is 4.45. The molecule has 176 valence electrons. The summed E-state index contributed by atoms with van der Waals surface area (Å²) in [6.07, 6.45) is 1.29. The van der Waals surface area contributed by atoms with Gasteiger partial charge in [-0.15, -0.1) is 0 Å². The van der Waals surface area contributed by atoms with Crippen LogP contribution in [0, 0.1) is 5.82 Å². The Morgan fingerprint density at radius 1 is 0.941 bits per heavy atom. The Hall–Kier alpha value is -3.87. The van der Waals surface area contributed by atoms with Crippen molar-refractivity contribution < 1.29 is 23.5 Å². The summed E-state index contributed by atoms with van der Waals surface area (Å²) >= 11 is 0. The predicted molar refractivity (Wildman–Crippen MR) is 127 cm³/mol. The van der Waals surface area contributed by atoms with Crippen molar-refractivity contribution in [1.29, 1.82) is 0 Å². The van der Waals surface area contributed by atoms with E-state index >= 15 is 0 Å². The van der Waals surface area contributed by atoms with Gasteiger partial charge in [0.05, 0.1) is 7.11 Å². The van der Waals surface area contributed by atoms with E-state index < -0.39 is 0 Å². The molecule has 0 spiro atoms. The number of rotatable bonds is 7. The highest BCUT2D eigenvalue weighted by atomic mass is 19.1. The fraction of sp³-hybridized carbons (Fsp3) is 0.259. The van der Waals surface area contributed by atoms with Crippen LogP contribution in [0.3, 0.4) is 0 Å². The second kappa shape index (κ2) is 10.8. The molecule has 1 fully saturated rings. The van der Waals surface area contributed by atoms with Gasteiger partial charge in [0.25, 0.3) is 11.8 Å². The van der Waals surface area contributed by atoms with E-state index in [0.29, 0.717) is 55.2 Å². The number of halogens is 1. The fourth-order valence-electron chi connectivity index (χ4n) is 3.93. The molecule has 0 bridgehead atoms. The number of hydrogen-bond acceptors (Lipinski definition) is 4. The number of nitrogens with zero attached hydrogens (tertiary/aromatic N) is 1. The number of hydrogen-bond donors (Lipinski definition) is 1. The molecule has 0 radical (unpaired) electrons. The third-order valence-electron chi connectivity index (χ3n) is 5.87. The number of carbonyl (C=O) groups excluding carboxylic acids is 2. The van der Waals surface area contributed by atoms with Crippen LogP contribution >= 0.6 is 0 Å². The van der Waals surface area contributed by atoms with Gasteiger partial charge in [0, 0.05) is 30.3 Å². The third-order valence-corrected chi connectivity index (χ3v) is 5.87. The van der Waals surface area contributed by atoms with E-state index in [1.54, 1.807) is 30.2 Å². The van der Waals surface area contributed by atoms with Gasteiger partial charge < -0.3 is 19.7 Å². The van der Waals surface area contributed by atoms with Crippen LogP contribution in [-0.4, -0.2) is 43.0 Å². The van der Waals surface area contributed by atoms with Gasteiger partial charge >= 0.3 is 0 Å². The molecule has 0 aromatic heterocycles. The Morgan fingerprint density at radius 3 is 2.29 bits per heavy atom. The number of likely N-dealkylation sites (tertiary alicyclic amines) is 1. The summed E-state index contributed by atoms with van der Waals surface area (Å²) in [6, 6.07) is 20.4. The van der Waals surface area contributed by atoms with Gasteiger partial charge in [0.2, 0.25) is 0 Å². The highest BCUT2D eigenvalue weighted by Crippen LogP contribution is 2.29. The topological polar surface area (TPSA) is 67.9 Å². The van der Waals surface area contributed by atoms with Crippen molar-refractivity contribution in [2.75, 3.05) is 20.2 Å². The SMILES string of the molecule is COc1cc(C(=O)N2CCC(NC(=O)c3ccc(F)cc3)CC2)ccc1OCc1ccccc1. The van der Waals surface area contributed by atoms with Crippen LogP contribution < -0.4 is 14.8 Å². The molecule has 1 aliphatic rings. The number of piperidine rings is 1. The Morgan fingerprint density at radius 2 is 1.62 bits per heavy atom. The first-order chi connectivity index (χ1) is 16.5. The summed E-state index contributed by atoms with van der Waals surface area (Å²) in [5.41, 5.74) is 1.98. The first-order valence-corrected chi connectivity index (χ1v) is 11.2. The van der Waals surface area contributed by atoms with Crippen LogP contribution in [0.15, 0.2) is 72.8 Å². The molecule has 0 saturated carbocycles. The van der Waals surface area contributed by atoms with Crippen molar-refractivity contribution in [3.8, 4) is 11.5 Å². The molecule has 3 aromatic rings. The van der Waals surface area contributed by atoms with Gasteiger partial charge in [-0.3, -0.25) is 9.59 Å². The van der Waals surface area contributed by atoms with Gasteiger partial charge in [-0.1, -0.05) is 30.3 Å². The molecule has 3 aromatic carbocycles. The average Bonchev–Trinajstić information content (AvgIpc) is 2.88. The maximum atomic E-state index is 13.1. The van der Waals surface area contributed by atoms with Crippen molar-refractivity contribution in [1.82, 2.24) is 10.2 Å². The molecule has 1 N–H and O–H groups in total. The number of carbonyl (C=O) groups is 2. The van der Waals surface area contributed by atoms with Crippen LogP contribution in [0.4, 0.5) is 4.39 Å². The summed E-state index contributed by atoms with van der Waals surface area (Å²) < 4.78 is 24.4. The normalized spacial score (nSPS) is 13.9. The largest absolute Gasteiger partial charge is 0.493 e. The Balaban J connectivity index is 1.32. The lowest BCUT2D eigenvalue weighted by Crippen LogP contribution is -2.46. The molecule has 2 amide bonds. The molecule has 0 aliphatic carbocycles. The third kappa shape index (κ3) is 5.73. The Labute approximate surface area is 198 Å². The summed E-state index contributed by atoms with van der Waals surface area (Å²) in [6.45, 7) is 1.46. The molecule has 1 aliphatic heterocycles. The van der Waals surface area contributed by atoms with Crippen LogP contribution in [0.1, 0.15) is 39.1 Å². The van der Waals surface area contributed by atoms with Crippen LogP contribution in [-0.2, 0) is 6.61 Å². The highest BCUT2D eigenvalue weighted by Gasteiger charge is 2.25. The second-order valence-corrected chi connectivity index (χ2v) is 8.19. The summed E-state index contributed by atoms with van der Waals surface area (Å²) in [4.78, 5) is 27.2. The molecular formula is C27H27FN2O4. The highest BCUT2D eigenvalue weighted by molar-refractivity contribution is 5.95. The van der Waals surface area contributed by atoms with E-state index in [-0.39, 0.29) is 23.7 Å². The number of benzene rings is 3. The number of methoxy groups -OCH3 is 1. The molecular weight excluding hydrogens is 435 g/mol. The van der Waals surface area contributed by atoms with Gasteiger partial charge in [-0.05, 0) is 60.9 Å². The average molecular weight is 463 g/mol. The van der Waals surface area contributed by atoms with Crippen molar-refractivity contribution in [3.05, 3.63) is 95.3 Å². The lowest BCUT2D eigenvalue weighted by Gasteiger charge is -2.32. The number of ether oxygens (including phenoxy) is 2. The van der Waals surface area contributed by atoms with Gasteiger partial charge in [-0.2, -0.15) is 0 Å². The van der Waals surface area contributed by atoms with Crippen LogP contribution in [0.25, 0.3) is 0 Å². The minimum absolute atomic E-state index is 0.0371. The fourth-order valence-corrected chi connectivity index (χ4v) is 3.93. The molecule has 1 saturated heterocycles. The lowest BCUT2D eigenvalue weighted by atomic mass is 10.0. The van der Waals surface area contributed by atoms with E-state index in [0.717, 1.165) is 5.56 Å². The molecule has 0 atom stereocenters. The minimum atomic E-state index is -0.379. The van der Waals surface area contributed by atoms with Gasteiger partial charge in [0.15, 0.2) is 11.5 Å². The van der Waals surface area contributed by atoms with Crippen molar-refractivity contribution in [2.45, 2.75) is 25.5 Å². The maximum absolute atomic E-state index is 13.1. The Bertz CT molecular complexity index is 1130. The summed E-state index contributed by atoms with van der Waals surface area (Å²) in [5, 5.41) is 2.97. The Kier molecular flexibility index (Phi) is 7.42. The standard InChI is InChI=1S/C27H27FN2O4/c1-33-25-17-21(9-12-24(25)34-18-19-5-3-2-4-6-19)27(32)30-15-13-23(14-16-30)29-26(31)20-7-10-22(28)11-8-20/h2-12,17,23H,13-16,18H2,1H3,(H,29,31). The van der Waals surface area contributed by atoms with Crippen molar-refractivity contribution in [3.63, 3.8) is 0 Å². The number of amides is 2. The molecule has 7 heteroatoms. The zero-order valence-corrected chi connectivity index (χ0v) is 19.0. The molecule has 34 heavy (non-hydrogen) atoms. The first-order valence-electron chi connectivity index (χ1n) is 11.2. The molecule has 4 rings (SSSR count). The lowest BCUT2D eigenvalue weighted by molar-refractivity contribution is 0.0697. The number of nitrogens with one attached hydrogen (secondary N) is 1. The van der Waals surface area contributed by atoms with Gasteiger partial charge in [-0.25, -0.2) is 4.39 Å². The second-order valence-electron chi connectivity index (χ2n) is 8.19. The summed E-state index contributed by atoms with van der Waals surface area (Å²) in [5.74, 6) is 0.376. The van der Waals surface area contributed by atoms with E-state index in [2.05, 4.69) is 5.32 Å². The summed E-state index contributed by atoms with van der Waals surface area (Å²) in [7, 11) is 1.55. The quantitative estimate of drug-likeness (QED) is 0.564. The van der Waals surface area contributed by atoms with Crippen molar-refractivity contribution >= 4 is 11.8 Å². The minimum Gasteiger partial charge on any atom is -0.493 e. The maximum Gasteiger partial charge on any atom is 0.253 e. The zero-order valence-electron chi connectivity index (χ0n) is 19.0. The smallest absolute Gasteiger partial charge is 0.253 e. The van der Waals surface area contributed by atoms with Crippen LogP contribution in [0.2, 0.25) is 0 Å². The molecule has 6 nitrogen and oxygen atoms in total. The molecule has 1 heterocycles. The van der Waals surface area contributed by atoms with E-state index in [1.165, 1.54) is 24.3 Å². The van der Waals surface area contributed by atoms with Gasteiger partial charge in [0.1, 0.15) is 12.4 Å². The van der Waals surface area contributed by atoms with E-state index in [9.17, 15) is 14.0 Å². The molecule has 0 unspecified atom stereocenters. The van der Waals surface area contributed by atoms with E-state index in [1.807, 2.05) is 30.3 Å². The van der Waals surface area contributed by atoms with E-state index in [4.69, 9.17) is 9.47 Å². The monoisotopic (exact) mass is 462 g/mol.